The molecule has 8 heteroatoms. The molecule has 0 aliphatic carbocycles. The van der Waals surface area contributed by atoms with Crippen molar-refractivity contribution >= 4 is 17.5 Å². The fourth-order valence-corrected chi connectivity index (χ4v) is 4.01. The van der Waals surface area contributed by atoms with Crippen LogP contribution in [0.1, 0.15) is 24.6 Å². The van der Waals surface area contributed by atoms with Crippen LogP contribution in [0.3, 0.4) is 0 Å². The van der Waals surface area contributed by atoms with E-state index < -0.39 is 0 Å². The van der Waals surface area contributed by atoms with Crippen molar-refractivity contribution in [2.75, 3.05) is 25.1 Å². The van der Waals surface area contributed by atoms with Crippen LogP contribution in [0, 0.1) is 0 Å². The fourth-order valence-electron chi connectivity index (χ4n) is 4.01. The molecular weight excluding hydrogens is 370 g/mol. The van der Waals surface area contributed by atoms with Gasteiger partial charge in [-0.05, 0) is 30.7 Å². The van der Waals surface area contributed by atoms with E-state index in [4.69, 9.17) is 4.74 Å². The molecule has 2 aliphatic heterocycles. The van der Waals surface area contributed by atoms with Gasteiger partial charge in [0.05, 0.1) is 25.3 Å². The average molecular weight is 397 g/mol. The highest BCUT2D eigenvalue weighted by atomic mass is 16.5. The van der Waals surface area contributed by atoms with Crippen LogP contribution in [-0.4, -0.2) is 53.1 Å². The van der Waals surface area contributed by atoms with Crippen LogP contribution in [0.5, 0.6) is 0 Å². The topological polar surface area (TPSA) is 87.6 Å². The average Bonchev–Trinajstić information content (AvgIpc) is 3.37. The van der Waals surface area contributed by atoms with Crippen LogP contribution in [-0.2, 0) is 21.4 Å². The first kappa shape index (κ1) is 19.6. The number of nitrogens with zero attached hydrogens (tertiary/aromatic N) is 2. The standard InChI is InChI=1S/C21H27N5O3/c1-25-9-5-8-19(25)17-13-18(24-23-17)21(28)26-10-11-29-14-16(26)12-20(27)22-15-6-3-2-4-7-15/h2-9,16-18,23-24H,10-14H2,1H3,(H,22,27). The van der Waals surface area contributed by atoms with E-state index in [1.807, 2.05) is 49.6 Å². The number of nitrogens with one attached hydrogen (secondary N) is 3. The third kappa shape index (κ3) is 4.50. The van der Waals surface area contributed by atoms with Crippen molar-refractivity contribution in [3.63, 3.8) is 0 Å². The zero-order valence-electron chi connectivity index (χ0n) is 16.5. The number of morpholine rings is 1. The van der Waals surface area contributed by atoms with Gasteiger partial charge in [-0.2, -0.15) is 0 Å². The molecular formula is C21H27N5O3. The number of hydrogen-bond acceptors (Lipinski definition) is 5. The number of hydrogen-bond donors (Lipinski definition) is 3. The fraction of sp³-hybridized carbons (Fsp3) is 0.429. The van der Waals surface area contributed by atoms with Crippen LogP contribution in [0.15, 0.2) is 48.7 Å². The molecule has 0 bridgehead atoms. The van der Waals surface area contributed by atoms with Crippen LogP contribution in [0.25, 0.3) is 0 Å². The van der Waals surface area contributed by atoms with Gasteiger partial charge in [0.2, 0.25) is 11.8 Å². The number of ether oxygens (including phenoxy) is 1. The summed E-state index contributed by atoms with van der Waals surface area (Å²) in [7, 11) is 2.00. The second-order valence-corrected chi connectivity index (χ2v) is 7.55. The van der Waals surface area contributed by atoms with Crippen LogP contribution in [0.4, 0.5) is 5.69 Å². The monoisotopic (exact) mass is 397 g/mol. The quantitative estimate of drug-likeness (QED) is 0.706. The van der Waals surface area contributed by atoms with Crippen molar-refractivity contribution in [3.8, 4) is 0 Å². The molecule has 2 amide bonds. The lowest BCUT2D eigenvalue weighted by atomic mass is 10.0. The lowest BCUT2D eigenvalue weighted by Gasteiger charge is -2.36. The Morgan fingerprint density at radius 1 is 1.17 bits per heavy atom. The minimum atomic E-state index is -0.326. The summed E-state index contributed by atoms with van der Waals surface area (Å²) >= 11 is 0. The third-order valence-corrected chi connectivity index (χ3v) is 5.53. The molecule has 2 aliphatic rings. The first-order chi connectivity index (χ1) is 14.1. The number of carbonyl (C=O) groups excluding carboxylic acids is 2. The summed E-state index contributed by atoms with van der Waals surface area (Å²) in [5.41, 5.74) is 8.25. The lowest BCUT2D eigenvalue weighted by Crippen LogP contribution is -2.55. The van der Waals surface area contributed by atoms with Gasteiger partial charge >= 0.3 is 0 Å². The van der Waals surface area contributed by atoms with Crippen LogP contribution >= 0.6 is 0 Å². The maximum atomic E-state index is 13.2. The number of anilines is 1. The molecule has 1 aromatic heterocycles. The summed E-state index contributed by atoms with van der Waals surface area (Å²) in [6, 6.07) is 12.9. The van der Waals surface area contributed by atoms with E-state index in [0.29, 0.717) is 26.2 Å². The van der Waals surface area contributed by atoms with E-state index in [2.05, 4.69) is 26.8 Å². The zero-order chi connectivity index (χ0) is 20.2. The molecule has 29 heavy (non-hydrogen) atoms. The Bertz CT molecular complexity index is 853. The number of para-hydroxylation sites is 1. The van der Waals surface area contributed by atoms with Gasteiger partial charge in [-0.3, -0.25) is 9.59 Å². The molecule has 0 saturated carbocycles. The number of carbonyl (C=O) groups is 2. The molecule has 3 heterocycles. The molecule has 0 radical (unpaired) electrons. The normalized spacial score (nSPS) is 24.4. The first-order valence-corrected chi connectivity index (χ1v) is 9.97. The number of rotatable bonds is 5. The van der Waals surface area contributed by atoms with Gasteiger partial charge in [0.1, 0.15) is 6.04 Å². The Morgan fingerprint density at radius 2 is 2.00 bits per heavy atom. The van der Waals surface area contributed by atoms with Crippen molar-refractivity contribution in [1.29, 1.82) is 0 Å². The first-order valence-electron chi connectivity index (χ1n) is 9.97. The molecule has 3 unspecified atom stereocenters. The van der Waals surface area contributed by atoms with Crippen molar-refractivity contribution in [2.45, 2.75) is 31.0 Å². The number of aryl methyl sites for hydroxylation is 1. The minimum absolute atomic E-state index is 0.00928. The molecule has 0 spiro atoms. The highest BCUT2D eigenvalue weighted by Crippen LogP contribution is 2.24. The predicted octanol–water partition coefficient (Wildman–Crippen LogP) is 1.19. The molecule has 2 fully saturated rings. The second kappa shape index (κ2) is 8.77. The van der Waals surface area contributed by atoms with E-state index in [9.17, 15) is 9.59 Å². The van der Waals surface area contributed by atoms with Crippen molar-refractivity contribution in [2.24, 2.45) is 7.05 Å². The van der Waals surface area contributed by atoms with Gasteiger partial charge in [-0.15, -0.1) is 0 Å². The zero-order valence-corrected chi connectivity index (χ0v) is 16.5. The number of benzene rings is 1. The van der Waals surface area contributed by atoms with E-state index >= 15 is 0 Å². The van der Waals surface area contributed by atoms with Crippen LogP contribution < -0.4 is 16.2 Å². The van der Waals surface area contributed by atoms with Gasteiger partial charge in [0, 0.05) is 37.6 Å². The Morgan fingerprint density at radius 3 is 2.76 bits per heavy atom. The molecule has 1 aromatic carbocycles. The van der Waals surface area contributed by atoms with Gasteiger partial charge in [-0.1, -0.05) is 18.2 Å². The largest absolute Gasteiger partial charge is 0.377 e. The highest BCUT2D eigenvalue weighted by molar-refractivity contribution is 5.91. The maximum absolute atomic E-state index is 13.2. The molecule has 2 aromatic rings. The summed E-state index contributed by atoms with van der Waals surface area (Å²) in [6.45, 7) is 1.36. The SMILES string of the molecule is Cn1cccc1C1CC(C(=O)N2CCOCC2CC(=O)Nc2ccccc2)NN1. The molecule has 154 valence electrons. The lowest BCUT2D eigenvalue weighted by molar-refractivity contribution is -0.143. The van der Waals surface area contributed by atoms with Crippen LogP contribution in [0.2, 0.25) is 0 Å². The van der Waals surface area contributed by atoms with Gasteiger partial charge < -0.3 is 19.5 Å². The Kier molecular flexibility index (Phi) is 5.94. The van der Waals surface area contributed by atoms with Crippen molar-refractivity contribution < 1.29 is 14.3 Å². The van der Waals surface area contributed by atoms with E-state index in [0.717, 1.165) is 11.4 Å². The van der Waals surface area contributed by atoms with Crippen molar-refractivity contribution in [3.05, 3.63) is 54.4 Å². The third-order valence-electron chi connectivity index (χ3n) is 5.53. The highest BCUT2D eigenvalue weighted by Gasteiger charge is 2.37. The van der Waals surface area contributed by atoms with Gasteiger partial charge in [0.15, 0.2) is 0 Å². The summed E-state index contributed by atoms with van der Waals surface area (Å²) in [5, 5.41) is 2.89. The number of amides is 2. The van der Waals surface area contributed by atoms with Crippen molar-refractivity contribution in [1.82, 2.24) is 20.3 Å². The molecule has 2 saturated heterocycles. The number of hydrazine groups is 1. The van der Waals surface area contributed by atoms with E-state index in [-0.39, 0.29) is 36.4 Å². The summed E-state index contributed by atoms with van der Waals surface area (Å²) in [4.78, 5) is 27.5. The minimum Gasteiger partial charge on any atom is -0.377 e. The predicted molar refractivity (Wildman–Crippen MR) is 109 cm³/mol. The molecule has 3 N–H and O–H groups in total. The van der Waals surface area contributed by atoms with Gasteiger partial charge in [-0.25, -0.2) is 10.9 Å². The summed E-state index contributed by atoms with van der Waals surface area (Å²) < 4.78 is 7.61. The molecule has 4 rings (SSSR count). The Balaban J connectivity index is 1.37. The van der Waals surface area contributed by atoms with E-state index in [1.54, 1.807) is 4.90 Å². The number of aromatic nitrogens is 1. The van der Waals surface area contributed by atoms with Gasteiger partial charge in [0.25, 0.3) is 0 Å². The molecule has 3 atom stereocenters. The Labute approximate surface area is 170 Å². The van der Waals surface area contributed by atoms with E-state index in [1.165, 1.54) is 0 Å². The second-order valence-electron chi connectivity index (χ2n) is 7.55. The smallest absolute Gasteiger partial charge is 0.241 e. The Hall–Kier alpha value is -2.68. The summed E-state index contributed by atoms with van der Waals surface area (Å²) in [6.07, 6.45) is 2.87. The summed E-state index contributed by atoms with van der Waals surface area (Å²) in [5.74, 6) is -0.112. The maximum Gasteiger partial charge on any atom is 0.241 e. The molecule has 8 nitrogen and oxygen atoms in total.